The third kappa shape index (κ3) is 4.04. The molecule has 1 heterocycles. The van der Waals surface area contributed by atoms with Crippen molar-refractivity contribution in [3.05, 3.63) is 16.5 Å². The average Bonchev–Trinajstić information content (AvgIpc) is 2.38. The summed E-state index contributed by atoms with van der Waals surface area (Å²) in [5.74, 6) is 0.214. The van der Waals surface area contributed by atoms with Gasteiger partial charge in [0.25, 0.3) is 0 Å². The molecule has 3 N–H and O–H groups in total. The molecule has 1 aliphatic carbocycles. The summed E-state index contributed by atoms with van der Waals surface area (Å²) in [5, 5.41) is 2.93. The largest absolute Gasteiger partial charge is 0.330 e. The van der Waals surface area contributed by atoms with Gasteiger partial charge in [-0.15, -0.1) is 0 Å². The van der Waals surface area contributed by atoms with E-state index in [4.69, 9.17) is 28.9 Å². The molecule has 1 amide bonds. The summed E-state index contributed by atoms with van der Waals surface area (Å²) < 4.78 is 0. The number of aromatic nitrogens is 2. The number of nitrogens with zero attached hydrogens (tertiary/aromatic N) is 2. The van der Waals surface area contributed by atoms with Crippen molar-refractivity contribution in [2.45, 2.75) is 38.5 Å². The minimum Gasteiger partial charge on any atom is -0.330 e. The zero-order valence-corrected chi connectivity index (χ0v) is 12.7. The third-order valence-corrected chi connectivity index (χ3v) is 4.18. The Morgan fingerprint density at radius 2 is 2.00 bits per heavy atom. The fourth-order valence-electron chi connectivity index (χ4n) is 2.74. The zero-order valence-electron chi connectivity index (χ0n) is 11.2. The summed E-state index contributed by atoms with van der Waals surface area (Å²) in [7, 11) is 0. The molecule has 0 unspecified atom stereocenters. The third-order valence-electron chi connectivity index (χ3n) is 3.82. The average molecular weight is 317 g/mol. The van der Waals surface area contributed by atoms with Crippen molar-refractivity contribution in [1.82, 2.24) is 9.97 Å². The van der Waals surface area contributed by atoms with Crippen molar-refractivity contribution in [2.75, 3.05) is 11.9 Å². The number of halogens is 2. The van der Waals surface area contributed by atoms with E-state index in [1.54, 1.807) is 0 Å². The van der Waals surface area contributed by atoms with E-state index in [-0.39, 0.29) is 21.8 Å². The van der Waals surface area contributed by atoms with E-state index < -0.39 is 0 Å². The van der Waals surface area contributed by atoms with Gasteiger partial charge in [-0.25, -0.2) is 9.97 Å². The van der Waals surface area contributed by atoms with Crippen molar-refractivity contribution >= 4 is 34.9 Å². The van der Waals surface area contributed by atoms with E-state index in [0.717, 1.165) is 25.7 Å². The molecule has 1 saturated carbocycles. The first-order chi connectivity index (χ1) is 9.53. The van der Waals surface area contributed by atoms with Gasteiger partial charge < -0.3 is 11.1 Å². The van der Waals surface area contributed by atoms with Crippen LogP contribution in [-0.4, -0.2) is 22.4 Å². The Morgan fingerprint density at radius 1 is 1.30 bits per heavy atom. The molecular weight excluding hydrogens is 299 g/mol. The van der Waals surface area contributed by atoms with Gasteiger partial charge in [-0.3, -0.25) is 4.79 Å². The van der Waals surface area contributed by atoms with Crippen LogP contribution in [-0.2, 0) is 4.79 Å². The number of hydrogen-bond donors (Lipinski definition) is 2. The van der Waals surface area contributed by atoms with Crippen LogP contribution >= 0.6 is 23.2 Å². The van der Waals surface area contributed by atoms with Gasteiger partial charge in [-0.05, 0) is 36.4 Å². The molecule has 1 fully saturated rings. The van der Waals surface area contributed by atoms with Crippen LogP contribution in [0.25, 0.3) is 0 Å². The number of rotatable bonds is 4. The number of nitrogens with two attached hydrogens (primary N) is 1. The first kappa shape index (κ1) is 15.5. The molecule has 5 nitrogen and oxygen atoms in total. The first-order valence-electron chi connectivity index (χ1n) is 6.73. The fourth-order valence-corrected chi connectivity index (χ4v) is 3.15. The topological polar surface area (TPSA) is 80.9 Å². The molecule has 0 bridgehead atoms. The maximum absolute atomic E-state index is 12.2. The van der Waals surface area contributed by atoms with E-state index in [9.17, 15) is 4.79 Å². The Hall–Kier alpha value is -0.910. The monoisotopic (exact) mass is 316 g/mol. The van der Waals surface area contributed by atoms with Crippen LogP contribution in [0.3, 0.4) is 0 Å². The number of hydrogen-bond acceptors (Lipinski definition) is 4. The highest BCUT2D eigenvalue weighted by molar-refractivity contribution is 6.32. The van der Waals surface area contributed by atoms with Crippen LogP contribution in [0.2, 0.25) is 10.4 Å². The highest BCUT2D eigenvalue weighted by Crippen LogP contribution is 2.38. The van der Waals surface area contributed by atoms with Crippen LogP contribution < -0.4 is 11.1 Å². The van der Waals surface area contributed by atoms with Gasteiger partial charge in [-0.2, -0.15) is 0 Å². The summed E-state index contributed by atoms with van der Waals surface area (Å²) >= 11 is 11.5. The molecule has 0 atom stereocenters. The first-order valence-corrected chi connectivity index (χ1v) is 7.49. The molecule has 0 radical (unpaired) electrons. The molecule has 0 saturated heterocycles. The van der Waals surface area contributed by atoms with Crippen LogP contribution in [0.1, 0.15) is 38.5 Å². The molecule has 1 aliphatic rings. The van der Waals surface area contributed by atoms with Crippen molar-refractivity contribution in [1.29, 1.82) is 0 Å². The number of carbonyl (C=O) groups excluding carboxylic acids is 1. The Kier molecular flexibility index (Phi) is 5.18. The SMILES string of the molecule is NCC1(CC(=O)Nc2cc(Cl)nc(Cl)n2)CCCCC1. The van der Waals surface area contributed by atoms with Gasteiger partial charge in [-0.1, -0.05) is 30.9 Å². The van der Waals surface area contributed by atoms with Crippen LogP contribution in [0.4, 0.5) is 5.82 Å². The number of nitrogens with one attached hydrogen (secondary N) is 1. The second-order valence-corrected chi connectivity index (χ2v) is 6.06. The number of carbonyl (C=O) groups is 1. The Balaban J connectivity index is 2.00. The minimum atomic E-state index is -0.108. The van der Waals surface area contributed by atoms with Gasteiger partial charge in [0, 0.05) is 12.5 Å². The second kappa shape index (κ2) is 6.70. The lowest BCUT2D eigenvalue weighted by Gasteiger charge is -2.35. The quantitative estimate of drug-likeness (QED) is 0.661. The Bertz CT molecular complexity index is 469. The predicted octanol–water partition coefficient (Wildman–Crippen LogP) is 3.02. The molecule has 0 aromatic carbocycles. The molecule has 20 heavy (non-hydrogen) atoms. The molecule has 1 aromatic rings. The Morgan fingerprint density at radius 3 is 2.60 bits per heavy atom. The summed E-state index contributed by atoms with van der Waals surface area (Å²) in [4.78, 5) is 19.8. The molecule has 110 valence electrons. The van der Waals surface area contributed by atoms with Gasteiger partial charge >= 0.3 is 0 Å². The van der Waals surface area contributed by atoms with Crippen molar-refractivity contribution in [3.63, 3.8) is 0 Å². The van der Waals surface area contributed by atoms with Gasteiger partial charge in [0.15, 0.2) is 0 Å². The highest BCUT2D eigenvalue weighted by atomic mass is 35.5. The summed E-state index contributed by atoms with van der Waals surface area (Å²) in [6.07, 6.45) is 5.90. The standard InChI is InChI=1S/C13H18Cl2N4O/c14-9-6-10(19-12(15)17-9)18-11(20)7-13(8-16)4-2-1-3-5-13/h6H,1-5,7-8,16H2,(H,17,18,19,20). The maximum atomic E-state index is 12.2. The lowest BCUT2D eigenvalue weighted by molar-refractivity contribution is -0.118. The van der Waals surface area contributed by atoms with Crippen LogP contribution in [0.15, 0.2) is 6.07 Å². The molecular formula is C13H18Cl2N4O. The number of anilines is 1. The normalized spacial score (nSPS) is 17.8. The number of amides is 1. The Labute approximate surface area is 128 Å². The minimum absolute atomic E-state index is 0.0130. The van der Waals surface area contributed by atoms with E-state index in [0.29, 0.717) is 18.8 Å². The summed E-state index contributed by atoms with van der Waals surface area (Å²) in [6.45, 7) is 0.533. The summed E-state index contributed by atoms with van der Waals surface area (Å²) in [6, 6.07) is 1.47. The van der Waals surface area contributed by atoms with E-state index in [1.165, 1.54) is 12.5 Å². The lowest BCUT2D eigenvalue weighted by Crippen LogP contribution is -2.36. The van der Waals surface area contributed by atoms with Crippen molar-refractivity contribution < 1.29 is 4.79 Å². The molecule has 1 aromatic heterocycles. The van der Waals surface area contributed by atoms with E-state index in [2.05, 4.69) is 15.3 Å². The van der Waals surface area contributed by atoms with Crippen molar-refractivity contribution in [2.24, 2.45) is 11.1 Å². The van der Waals surface area contributed by atoms with Crippen molar-refractivity contribution in [3.8, 4) is 0 Å². The lowest BCUT2D eigenvalue weighted by atomic mass is 9.71. The van der Waals surface area contributed by atoms with E-state index in [1.807, 2.05) is 0 Å². The smallest absolute Gasteiger partial charge is 0.226 e. The molecule has 7 heteroatoms. The van der Waals surface area contributed by atoms with Crippen LogP contribution in [0.5, 0.6) is 0 Å². The van der Waals surface area contributed by atoms with Gasteiger partial charge in [0.2, 0.25) is 11.2 Å². The van der Waals surface area contributed by atoms with Gasteiger partial charge in [0.1, 0.15) is 11.0 Å². The molecule has 2 rings (SSSR count). The van der Waals surface area contributed by atoms with Crippen LogP contribution in [0, 0.1) is 5.41 Å². The fraction of sp³-hybridized carbons (Fsp3) is 0.615. The predicted molar refractivity (Wildman–Crippen MR) is 79.9 cm³/mol. The van der Waals surface area contributed by atoms with Gasteiger partial charge in [0.05, 0.1) is 0 Å². The maximum Gasteiger partial charge on any atom is 0.226 e. The zero-order chi connectivity index (χ0) is 14.6. The summed E-state index contributed by atoms with van der Waals surface area (Å²) in [5.41, 5.74) is 5.80. The highest BCUT2D eigenvalue weighted by Gasteiger charge is 2.33. The van der Waals surface area contributed by atoms with E-state index >= 15 is 0 Å². The second-order valence-electron chi connectivity index (χ2n) is 5.33. The molecule has 0 aliphatic heterocycles. The molecule has 0 spiro atoms.